The highest BCUT2D eigenvalue weighted by Gasteiger charge is 2.15. The van der Waals surface area contributed by atoms with Gasteiger partial charge in [-0.3, -0.25) is 9.36 Å². The minimum atomic E-state index is -0.726. The fourth-order valence-corrected chi connectivity index (χ4v) is 3.35. The summed E-state index contributed by atoms with van der Waals surface area (Å²) in [5, 5.41) is 19.2. The Morgan fingerprint density at radius 2 is 1.96 bits per heavy atom. The minimum Gasteiger partial charge on any atom is -0.508 e. The van der Waals surface area contributed by atoms with Gasteiger partial charge in [-0.2, -0.15) is 0 Å². The number of rotatable bonds is 4. The number of aliphatic hydroxyl groups is 1. The summed E-state index contributed by atoms with van der Waals surface area (Å²) in [6.45, 7) is 3.55. The first-order chi connectivity index (χ1) is 10.8. The van der Waals surface area contributed by atoms with Crippen LogP contribution in [0.25, 0.3) is 15.9 Å². The maximum absolute atomic E-state index is 12.6. The van der Waals surface area contributed by atoms with Crippen molar-refractivity contribution < 1.29 is 10.2 Å². The molecule has 23 heavy (non-hydrogen) atoms. The topological polar surface area (TPSA) is 75.3 Å². The summed E-state index contributed by atoms with van der Waals surface area (Å²) < 4.78 is 2.07. The van der Waals surface area contributed by atoms with Gasteiger partial charge in [0.1, 0.15) is 16.8 Å². The third-order valence-corrected chi connectivity index (χ3v) is 4.77. The molecule has 2 N–H and O–H groups in total. The summed E-state index contributed by atoms with van der Waals surface area (Å²) in [5.74, 6) is 0.154. The molecule has 0 spiro atoms. The standard InChI is InChI=1S/C17H18N2O3S/c1-17(2,22)8-7-13-9-14-15(23-13)16(21)19(10-18-14)11-3-5-12(20)6-4-11/h3-6,9-10,20,22H,7-8H2,1-2H3. The molecule has 0 amide bonds. The van der Waals surface area contributed by atoms with E-state index in [1.807, 2.05) is 6.07 Å². The SMILES string of the molecule is CC(C)(O)CCc1cc2ncn(-c3ccc(O)cc3)c(=O)c2s1. The van der Waals surface area contributed by atoms with Gasteiger partial charge in [0, 0.05) is 4.88 Å². The Morgan fingerprint density at radius 1 is 1.26 bits per heavy atom. The van der Waals surface area contributed by atoms with Crippen molar-refractivity contribution in [2.75, 3.05) is 0 Å². The predicted molar refractivity (Wildman–Crippen MR) is 91.5 cm³/mol. The average molecular weight is 330 g/mol. The first-order valence-corrected chi connectivity index (χ1v) is 8.17. The summed E-state index contributed by atoms with van der Waals surface area (Å²) in [5.41, 5.74) is 0.491. The van der Waals surface area contributed by atoms with Crippen LogP contribution < -0.4 is 5.56 Å². The van der Waals surface area contributed by atoms with Crippen molar-refractivity contribution in [3.63, 3.8) is 0 Å². The predicted octanol–water partition coefficient (Wildman–Crippen LogP) is 2.86. The molecule has 1 aromatic carbocycles. The summed E-state index contributed by atoms with van der Waals surface area (Å²) in [7, 11) is 0. The highest BCUT2D eigenvalue weighted by atomic mass is 32.1. The van der Waals surface area contributed by atoms with Gasteiger partial charge in [-0.05, 0) is 57.0 Å². The van der Waals surface area contributed by atoms with E-state index in [0.717, 1.165) is 4.88 Å². The lowest BCUT2D eigenvalue weighted by Gasteiger charge is -2.15. The van der Waals surface area contributed by atoms with Crippen LogP contribution in [0, 0.1) is 0 Å². The van der Waals surface area contributed by atoms with E-state index in [2.05, 4.69) is 4.98 Å². The Kier molecular flexibility index (Phi) is 3.95. The van der Waals surface area contributed by atoms with Crippen molar-refractivity contribution in [2.45, 2.75) is 32.3 Å². The van der Waals surface area contributed by atoms with Crippen LogP contribution in [0.4, 0.5) is 0 Å². The molecule has 6 heteroatoms. The fourth-order valence-electron chi connectivity index (χ4n) is 2.31. The van der Waals surface area contributed by atoms with Gasteiger partial charge in [-0.25, -0.2) is 4.98 Å². The fraction of sp³-hybridized carbons (Fsp3) is 0.294. The first-order valence-electron chi connectivity index (χ1n) is 7.35. The number of fused-ring (bicyclic) bond motifs is 1. The minimum absolute atomic E-state index is 0.125. The van der Waals surface area contributed by atoms with Gasteiger partial charge in [-0.15, -0.1) is 11.3 Å². The van der Waals surface area contributed by atoms with E-state index < -0.39 is 5.60 Å². The molecule has 120 valence electrons. The van der Waals surface area contributed by atoms with Gasteiger partial charge in [-0.1, -0.05) is 0 Å². The Labute approximate surface area is 137 Å². The summed E-state index contributed by atoms with van der Waals surface area (Å²) >= 11 is 1.42. The molecule has 0 aliphatic heterocycles. The maximum Gasteiger partial charge on any atom is 0.275 e. The second-order valence-electron chi connectivity index (χ2n) is 6.18. The molecular formula is C17H18N2O3S. The van der Waals surface area contributed by atoms with E-state index >= 15 is 0 Å². The number of phenols is 1. The van der Waals surface area contributed by atoms with Crippen LogP contribution in [-0.2, 0) is 6.42 Å². The molecule has 0 aliphatic carbocycles. The van der Waals surface area contributed by atoms with Crippen LogP contribution in [0.3, 0.4) is 0 Å². The second-order valence-corrected chi connectivity index (χ2v) is 7.31. The molecule has 0 unspecified atom stereocenters. The Morgan fingerprint density at radius 3 is 2.61 bits per heavy atom. The molecule has 0 aliphatic rings. The highest BCUT2D eigenvalue weighted by molar-refractivity contribution is 7.18. The Hall–Kier alpha value is -2.18. The lowest BCUT2D eigenvalue weighted by Crippen LogP contribution is -2.18. The van der Waals surface area contributed by atoms with Crippen molar-refractivity contribution in [1.82, 2.24) is 9.55 Å². The molecule has 0 atom stereocenters. The van der Waals surface area contributed by atoms with Crippen LogP contribution in [0.1, 0.15) is 25.1 Å². The summed E-state index contributed by atoms with van der Waals surface area (Å²) in [4.78, 5) is 18.0. The molecular weight excluding hydrogens is 312 g/mol. The van der Waals surface area contributed by atoms with Gasteiger partial charge in [0.15, 0.2) is 0 Å². The van der Waals surface area contributed by atoms with E-state index in [0.29, 0.717) is 28.7 Å². The van der Waals surface area contributed by atoms with Crippen LogP contribution >= 0.6 is 11.3 Å². The van der Waals surface area contributed by atoms with Gasteiger partial charge < -0.3 is 10.2 Å². The summed E-state index contributed by atoms with van der Waals surface area (Å²) in [6.07, 6.45) is 2.85. The third kappa shape index (κ3) is 3.43. The number of hydrogen-bond acceptors (Lipinski definition) is 5. The zero-order valence-corrected chi connectivity index (χ0v) is 13.8. The zero-order valence-electron chi connectivity index (χ0n) is 13.0. The van der Waals surface area contributed by atoms with Crippen molar-refractivity contribution >= 4 is 21.6 Å². The molecule has 0 radical (unpaired) electrons. The molecule has 0 fully saturated rings. The number of nitrogens with zero attached hydrogens (tertiary/aromatic N) is 2. The number of phenolic OH excluding ortho intramolecular Hbond substituents is 1. The molecule has 3 rings (SSSR count). The molecule has 0 saturated carbocycles. The normalized spacial score (nSPS) is 12.0. The lowest BCUT2D eigenvalue weighted by atomic mass is 10.0. The Bertz CT molecular complexity index is 889. The monoisotopic (exact) mass is 330 g/mol. The third-order valence-electron chi connectivity index (χ3n) is 3.60. The van der Waals surface area contributed by atoms with E-state index in [1.165, 1.54) is 34.4 Å². The molecule has 2 aromatic heterocycles. The van der Waals surface area contributed by atoms with Crippen LogP contribution in [-0.4, -0.2) is 25.4 Å². The average Bonchev–Trinajstić information content (AvgIpc) is 2.90. The number of aromatic nitrogens is 2. The van der Waals surface area contributed by atoms with Gasteiger partial charge in [0.25, 0.3) is 5.56 Å². The van der Waals surface area contributed by atoms with Gasteiger partial charge in [0.05, 0.1) is 16.8 Å². The quantitative estimate of drug-likeness (QED) is 0.771. The molecule has 0 saturated heterocycles. The lowest BCUT2D eigenvalue weighted by molar-refractivity contribution is 0.0716. The number of benzene rings is 1. The molecule has 3 aromatic rings. The van der Waals surface area contributed by atoms with E-state index in [1.54, 1.807) is 26.0 Å². The number of aryl methyl sites for hydroxylation is 1. The van der Waals surface area contributed by atoms with Gasteiger partial charge >= 0.3 is 0 Å². The van der Waals surface area contributed by atoms with Crippen molar-refractivity contribution in [3.05, 3.63) is 51.9 Å². The van der Waals surface area contributed by atoms with Crippen molar-refractivity contribution in [1.29, 1.82) is 0 Å². The number of aromatic hydroxyl groups is 1. The molecule has 0 bridgehead atoms. The molecule has 5 nitrogen and oxygen atoms in total. The first kappa shape index (κ1) is 15.7. The maximum atomic E-state index is 12.6. The van der Waals surface area contributed by atoms with Crippen LogP contribution in [0.2, 0.25) is 0 Å². The number of hydrogen-bond donors (Lipinski definition) is 2. The van der Waals surface area contributed by atoms with E-state index in [4.69, 9.17) is 0 Å². The smallest absolute Gasteiger partial charge is 0.275 e. The van der Waals surface area contributed by atoms with E-state index in [-0.39, 0.29) is 11.3 Å². The van der Waals surface area contributed by atoms with Crippen molar-refractivity contribution in [3.8, 4) is 11.4 Å². The summed E-state index contributed by atoms with van der Waals surface area (Å²) in [6, 6.07) is 8.33. The Balaban J connectivity index is 1.99. The van der Waals surface area contributed by atoms with Gasteiger partial charge in [0.2, 0.25) is 0 Å². The van der Waals surface area contributed by atoms with Crippen LogP contribution in [0.15, 0.2) is 41.5 Å². The highest BCUT2D eigenvalue weighted by Crippen LogP contribution is 2.24. The van der Waals surface area contributed by atoms with Crippen LogP contribution in [0.5, 0.6) is 5.75 Å². The largest absolute Gasteiger partial charge is 0.508 e. The van der Waals surface area contributed by atoms with E-state index in [9.17, 15) is 15.0 Å². The van der Waals surface area contributed by atoms with Crippen molar-refractivity contribution in [2.24, 2.45) is 0 Å². The molecule has 2 heterocycles. The number of thiophene rings is 1. The zero-order chi connectivity index (χ0) is 16.6. The second kappa shape index (κ2) is 5.79.